The van der Waals surface area contributed by atoms with Gasteiger partial charge in [-0.05, 0) is 30.9 Å². The van der Waals surface area contributed by atoms with E-state index in [9.17, 15) is 4.79 Å². The number of hydrogen-bond acceptors (Lipinski definition) is 1. The zero-order valence-corrected chi connectivity index (χ0v) is 11.4. The van der Waals surface area contributed by atoms with Gasteiger partial charge >= 0.3 is 0 Å². The van der Waals surface area contributed by atoms with Crippen LogP contribution in [0.4, 0.5) is 0 Å². The highest BCUT2D eigenvalue weighted by Crippen LogP contribution is 2.25. The van der Waals surface area contributed by atoms with Gasteiger partial charge in [0.2, 0.25) is 0 Å². The molecular weight excluding hydrogens is 236 g/mol. The van der Waals surface area contributed by atoms with E-state index >= 15 is 0 Å². The summed E-state index contributed by atoms with van der Waals surface area (Å²) in [6.07, 6.45) is 5.49. The number of aromatic nitrogens is 1. The third-order valence-electron chi connectivity index (χ3n) is 4.09. The average Bonchev–Trinajstić information content (AvgIpc) is 3.06. The van der Waals surface area contributed by atoms with E-state index < -0.39 is 0 Å². The molecule has 1 aliphatic heterocycles. The molecule has 1 aromatic heterocycles. The van der Waals surface area contributed by atoms with Gasteiger partial charge in [-0.15, -0.1) is 0 Å². The monoisotopic (exact) mass is 256 g/mol. The van der Waals surface area contributed by atoms with Gasteiger partial charge in [0.1, 0.15) is 0 Å². The molecule has 19 heavy (non-hydrogen) atoms. The maximum atomic E-state index is 12.6. The first-order valence-electron chi connectivity index (χ1n) is 7.15. The number of carbonyl (C=O) groups is 1. The van der Waals surface area contributed by atoms with Crippen LogP contribution in [0.15, 0.2) is 30.5 Å². The van der Waals surface area contributed by atoms with Crippen LogP contribution in [0, 0.1) is 5.92 Å². The molecule has 3 heteroatoms. The standard InChI is InChI=1S/C16H20N2O/c1-2-4-12-8-10-18(11-12)16(19)14-6-3-5-13-7-9-17-15(13)14/h3,5-7,9,12,17H,2,4,8,10-11H2,1H3. The molecule has 1 N–H and O–H groups in total. The molecular formula is C16H20N2O. The van der Waals surface area contributed by atoms with Crippen molar-refractivity contribution in [2.75, 3.05) is 13.1 Å². The van der Waals surface area contributed by atoms with E-state index in [1.807, 2.05) is 35.4 Å². The van der Waals surface area contributed by atoms with Gasteiger partial charge in [0.25, 0.3) is 5.91 Å². The van der Waals surface area contributed by atoms with Gasteiger partial charge in [-0.25, -0.2) is 0 Å². The van der Waals surface area contributed by atoms with Gasteiger partial charge in [0, 0.05) is 24.7 Å². The highest BCUT2D eigenvalue weighted by atomic mass is 16.2. The molecule has 3 rings (SSSR count). The molecule has 2 aromatic rings. The van der Waals surface area contributed by atoms with Crippen LogP contribution >= 0.6 is 0 Å². The number of carbonyl (C=O) groups excluding carboxylic acids is 1. The van der Waals surface area contributed by atoms with Crippen LogP contribution in [-0.4, -0.2) is 28.9 Å². The molecule has 1 atom stereocenters. The number of hydrogen-bond donors (Lipinski definition) is 1. The van der Waals surface area contributed by atoms with Crippen molar-refractivity contribution in [1.82, 2.24) is 9.88 Å². The van der Waals surface area contributed by atoms with E-state index in [-0.39, 0.29) is 5.91 Å². The smallest absolute Gasteiger partial charge is 0.255 e. The lowest BCUT2D eigenvalue weighted by atomic mass is 10.0. The van der Waals surface area contributed by atoms with Gasteiger partial charge in [0.15, 0.2) is 0 Å². The molecule has 1 amide bonds. The summed E-state index contributed by atoms with van der Waals surface area (Å²) in [4.78, 5) is 17.8. The predicted molar refractivity (Wildman–Crippen MR) is 77.2 cm³/mol. The van der Waals surface area contributed by atoms with Crippen molar-refractivity contribution in [2.45, 2.75) is 26.2 Å². The summed E-state index contributed by atoms with van der Waals surface area (Å²) in [5.74, 6) is 0.864. The summed E-state index contributed by atoms with van der Waals surface area (Å²) in [6.45, 7) is 4.04. The van der Waals surface area contributed by atoms with Crippen molar-refractivity contribution in [3.8, 4) is 0 Å². The topological polar surface area (TPSA) is 36.1 Å². The van der Waals surface area contributed by atoms with Gasteiger partial charge < -0.3 is 9.88 Å². The first-order chi connectivity index (χ1) is 9.29. The molecule has 0 saturated carbocycles. The Bertz CT molecular complexity index is 587. The molecule has 1 unspecified atom stereocenters. The molecule has 100 valence electrons. The van der Waals surface area contributed by atoms with E-state index in [0.29, 0.717) is 5.92 Å². The second kappa shape index (κ2) is 5.08. The number of rotatable bonds is 3. The fourth-order valence-corrected chi connectivity index (χ4v) is 3.09. The largest absolute Gasteiger partial charge is 0.361 e. The summed E-state index contributed by atoms with van der Waals surface area (Å²) >= 11 is 0. The Kier molecular flexibility index (Phi) is 3.28. The summed E-state index contributed by atoms with van der Waals surface area (Å²) in [7, 11) is 0. The van der Waals surface area contributed by atoms with Crippen LogP contribution in [0.5, 0.6) is 0 Å². The maximum Gasteiger partial charge on any atom is 0.255 e. The fraction of sp³-hybridized carbons (Fsp3) is 0.438. The Balaban J connectivity index is 1.83. The predicted octanol–water partition coefficient (Wildman–Crippen LogP) is 3.43. The van der Waals surface area contributed by atoms with E-state index in [0.717, 1.165) is 36.0 Å². The number of benzene rings is 1. The second-order valence-electron chi connectivity index (χ2n) is 5.44. The zero-order chi connectivity index (χ0) is 13.2. The van der Waals surface area contributed by atoms with Crippen molar-refractivity contribution >= 4 is 16.8 Å². The number of amides is 1. The maximum absolute atomic E-state index is 12.6. The van der Waals surface area contributed by atoms with Crippen molar-refractivity contribution in [2.24, 2.45) is 5.92 Å². The summed E-state index contributed by atoms with van der Waals surface area (Å²) in [5.41, 5.74) is 1.77. The van der Waals surface area contributed by atoms with Crippen LogP contribution in [0.25, 0.3) is 10.9 Å². The highest BCUT2D eigenvalue weighted by Gasteiger charge is 2.27. The average molecular weight is 256 g/mol. The molecule has 1 saturated heterocycles. The number of fused-ring (bicyclic) bond motifs is 1. The van der Waals surface area contributed by atoms with Crippen LogP contribution in [-0.2, 0) is 0 Å². The third kappa shape index (κ3) is 2.25. The minimum atomic E-state index is 0.173. The molecule has 1 fully saturated rings. The molecule has 0 spiro atoms. The van der Waals surface area contributed by atoms with Crippen molar-refractivity contribution in [3.63, 3.8) is 0 Å². The van der Waals surface area contributed by atoms with Crippen LogP contribution < -0.4 is 0 Å². The lowest BCUT2D eigenvalue weighted by molar-refractivity contribution is 0.0788. The first-order valence-corrected chi connectivity index (χ1v) is 7.15. The minimum Gasteiger partial charge on any atom is -0.361 e. The van der Waals surface area contributed by atoms with Crippen LogP contribution in [0.3, 0.4) is 0 Å². The number of aromatic amines is 1. The number of likely N-dealkylation sites (tertiary alicyclic amines) is 1. The normalized spacial score (nSPS) is 19.2. The first kappa shape index (κ1) is 12.3. The Morgan fingerprint density at radius 2 is 2.32 bits per heavy atom. The molecule has 1 aromatic carbocycles. The summed E-state index contributed by atoms with van der Waals surface area (Å²) in [5, 5.41) is 1.11. The second-order valence-corrected chi connectivity index (χ2v) is 5.44. The lowest BCUT2D eigenvalue weighted by Gasteiger charge is -2.17. The molecule has 3 nitrogen and oxygen atoms in total. The lowest BCUT2D eigenvalue weighted by Crippen LogP contribution is -2.28. The van der Waals surface area contributed by atoms with Gasteiger partial charge in [-0.3, -0.25) is 4.79 Å². The van der Waals surface area contributed by atoms with Gasteiger partial charge in [-0.1, -0.05) is 25.5 Å². The van der Waals surface area contributed by atoms with Crippen LogP contribution in [0.2, 0.25) is 0 Å². The Hall–Kier alpha value is -1.77. The van der Waals surface area contributed by atoms with E-state index in [2.05, 4.69) is 11.9 Å². The number of nitrogens with one attached hydrogen (secondary N) is 1. The molecule has 0 bridgehead atoms. The van der Waals surface area contributed by atoms with Gasteiger partial charge in [0.05, 0.1) is 11.1 Å². The Morgan fingerprint density at radius 3 is 3.16 bits per heavy atom. The molecule has 0 aliphatic carbocycles. The highest BCUT2D eigenvalue weighted by molar-refractivity contribution is 6.05. The Morgan fingerprint density at radius 1 is 1.42 bits per heavy atom. The summed E-state index contributed by atoms with van der Waals surface area (Å²) in [6, 6.07) is 7.93. The molecule has 1 aliphatic rings. The SMILES string of the molecule is CCCC1CCN(C(=O)c2cccc3cc[nH]c23)C1. The minimum absolute atomic E-state index is 0.173. The number of H-pyrrole nitrogens is 1. The van der Waals surface area contributed by atoms with E-state index in [1.54, 1.807) is 0 Å². The van der Waals surface area contributed by atoms with Crippen molar-refractivity contribution in [1.29, 1.82) is 0 Å². The quantitative estimate of drug-likeness (QED) is 0.897. The Labute approximate surface area is 113 Å². The number of nitrogens with zero attached hydrogens (tertiary/aromatic N) is 1. The fourth-order valence-electron chi connectivity index (χ4n) is 3.09. The van der Waals surface area contributed by atoms with E-state index in [1.165, 1.54) is 12.8 Å². The summed E-state index contributed by atoms with van der Waals surface area (Å²) < 4.78 is 0. The van der Waals surface area contributed by atoms with Gasteiger partial charge in [-0.2, -0.15) is 0 Å². The van der Waals surface area contributed by atoms with E-state index in [4.69, 9.17) is 0 Å². The molecule has 2 heterocycles. The molecule has 0 radical (unpaired) electrons. The van der Waals surface area contributed by atoms with Crippen molar-refractivity contribution < 1.29 is 4.79 Å². The zero-order valence-electron chi connectivity index (χ0n) is 11.4. The number of para-hydroxylation sites is 1. The van der Waals surface area contributed by atoms with Crippen LogP contribution in [0.1, 0.15) is 36.5 Å². The van der Waals surface area contributed by atoms with Crippen molar-refractivity contribution in [3.05, 3.63) is 36.0 Å². The third-order valence-corrected chi connectivity index (χ3v) is 4.09.